The lowest BCUT2D eigenvalue weighted by Gasteiger charge is -2.36. The zero-order valence-electron chi connectivity index (χ0n) is 20.5. The second kappa shape index (κ2) is 13.9. The Morgan fingerprint density at radius 1 is 0.645 bits per heavy atom. The molecule has 3 aromatic carbocycles. The van der Waals surface area contributed by atoms with Crippen LogP contribution in [-0.4, -0.2) is 26.6 Å². The molecular formula is C28H40BP2+. The monoisotopic (exact) mass is 449 g/mol. The van der Waals surface area contributed by atoms with Crippen LogP contribution >= 0.6 is 15.1 Å². The average Bonchev–Trinajstić information content (AvgIpc) is 2.81. The molecule has 0 N–H and O–H groups in total. The van der Waals surface area contributed by atoms with Crippen molar-refractivity contribution < 1.29 is 0 Å². The summed E-state index contributed by atoms with van der Waals surface area (Å²) in [6.07, 6.45) is 2.21. The van der Waals surface area contributed by atoms with Gasteiger partial charge in [0.05, 0.1) is 6.16 Å². The molecule has 0 saturated carbocycles. The molecule has 0 saturated heterocycles. The minimum absolute atomic E-state index is 0.171. The molecule has 0 aliphatic carbocycles. The predicted molar refractivity (Wildman–Crippen MR) is 150 cm³/mol. The third-order valence-corrected chi connectivity index (χ3v) is 11.2. The highest BCUT2D eigenvalue weighted by Crippen LogP contribution is 2.59. The zero-order valence-corrected chi connectivity index (χ0v) is 22.3. The van der Waals surface area contributed by atoms with Crippen LogP contribution in [0.15, 0.2) is 91.0 Å². The van der Waals surface area contributed by atoms with E-state index in [1.165, 1.54) is 15.9 Å². The lowest BCUT2D eigenvalue weighted by atomic mass is 10.00. The first-order valence-corrected chi connectivity index (χ1v) is 15.5. The van der Waals surface area contributed by atoms with Gasteiger partial charge in [-0.25, -0.2) is 0 Å². The minimum Gasteiger partial charge on any atom is -0.160 e. The molecule has 0 heterocycles. The molecule has 0 spiro atoms. The lowest BCUT2D eigenvalue weighted by Crippen LogP contribution is -2.38. The van der Waals surface area contributed by atoms with Crippen LogP contribution in [0.4, 0.5) is 0 Å². The van der Waals surface area contributed by atoms with E-state index in [0.29, 0.717) is 0 Å². The predicted octanol–water partition coefficient (Wildman–Crippen LogP) is 7.25. The van der Waals surface area contributed by atoms with Crippen molar-refractivity contribution in [2.75, 3.05) is 19.0 Å². The molecule has 0 amide bonds. The first-order valence-electron chi connectivity index (χ1n) is 11.4. The van der Waals surface area contributed by atoms with E-state index in [0.717, 1.165) is 12.3 Å². The van der Waals surface area contributed by atoms with Crippen molar-refractivity contribution >= 4 is 38.5 Å². The zero-order chi connectivity index (χ0) is 23.3. The number of hydrogen-bond acceptors (Lipinski definition) is 0. The summed E-state index contributed by atoms with van der Waals surface area (Å²) >= 11 is 0. The van der Waals surface area contributed by atoms with Crippen LogP contribution in [0.1, 0.15) is 41.5 Å². The summed E-state index contributed by atoms with van der Waals surface area (Å²) in [6.45, 7) is 15.0. The second-order valence-corrected chi connectivity index (χ2v) is 13.4. The van der Waals surface area contributed by atoms with Gasteiger partial charge in [-0.05, 0) is 42.6 Å². The molecule has 0 aliphatic heterocycles. The van der Waals surface area contributed by atoms with E-state index < -0.39 is 15.1 Å². The fourth-order valence-corrected chi connectivity index (χ4v) is 10.7. The van der Waals surface area contributed by atoms with Crippen molar-refractivity contribution in [1.29, 1.82) is 0 Å². The molecule has 1 unspecified atom stereocenters. The third kappa shape index (κ3) is 7.59. The van der Waals surface area contributed by atoms with Crippen molar-refractivity contribution in [3.8, 4) is 0 Å². The van der Waals surface area contributed by atoms with Gasteiger partial charge in [0.15, 0.2) is 0 Å². The normalized spacial score (nSPS) is 12.0. The van der Waals surface area contributed by atoms with Crippen LogP contribution in [0.3, 0.4) is 0 Å². The summed E-state index contributed by atoms with van der Waals surface area (Å²) in [4.78, 5) is 0. The van der Waals surface area contributed by atoms with Crippen molar-refractivity contribution in [3.05, 3.63) is 91.0 Å². The number of benzene rings is 3. The summed E-state index contributed by atoms with van der Waals surface area (Å²) in [5.74, 6) is 0. The van der Waals surface area contributed by atoms with Gasteiger partial charge < -0.3 is 0 Å². The first kappa shape index (κ1) is 27.6. The summed E-state index contributed by atoms with van der Waals surface area (Å²) in [7, 11) is 4.08. The van der Waals surface area contributed by atoms with Gasteiger partial charge in [-0.3, -0.25) is 0 Å². The standard InChI is InChI=1S/C24H28BP2.2C2H6/c1-24(2,19-26(3)25)20-27(21-13-7-4-8-14-21,22-15-9-5-10-16-22)23-17-11-6-12-18-23;2*1-2/h4-18H,19-20H2,1-3H3;2*1-2H3/q+1;;. The van der Waals surface area contributed by atoms with Crippen LogP contribution in [-0.2, 0) is 0 Å². The summed E-state index contributed by atoms with van der Waals surface area (Å²) in [5, 5.41) is 4.36. The van der Waals surface area contributed by atoms with Gasteiger partial charge in [0.2, 0.25) is 0 Å². The Morgan fingerprint density at radius 2 is 0.935 bits per heavy atom. The van der Waals surface area contributed by atoms with Crippen molar-refractivity contribution in [2.45, 2.75) is 41.5 Å². The highest BCUT2D eigenvalue weighted by molar-refractivity contribution is 7.95. The van der Waals surface area contributed by atoms with E-state index >= 15 is 0 Å². The Kier molecular flexibility index (Phi) is 12.4. The van der Waals surface area contributed by atoms with Gasteiger partial charge in [0, 0.05) is 5.41 Å². The molecule has 3 rings (SSSR count). The van der Waals surface area contributed by atoms with E-state index in [4.69, 9.17) is 7.57 Å². The van der Waals surface area contributed by atoms with Gasteiger partial charge in [0.1, 0.15) is 30.7 Å². The maximum Gasteiger partial charge on any atom is 0.112 e. The highest BCUT2D eigenvalue weighted by Gasteiger charge is 2.49. The molecule has 0 aliphatic rings. The van der Waals surface area contributed by atoms with Crippen molar-refractivity contribution in [3.63, 3.8) is 0 Å². The molecule has 2 radical (unpaired) electrons. The van der Waals surface area contributed by atoms with Crippen molar-refractivity contribution in [2.24, 2.45) is 5.41 Å². The molecule has 3 aromatic rings. The molecule has 31 heavy (non-hydrogen) atoms. The van der Waals surface area contributed by atoms with E-state index in [-0.39, 0.29) is 5.41 Å². The Labute approximate surface area is 195 Å². The van der Waals surface area contributed by atoms with Crippen LogP contribution in [0.2, 0.25) is 0 Å². The molecule has 0 bridgehead atoms. The molecule has 1 atom stereocenters. The Bertz CT molecular complexity index is 734. The van der Waals surface area contributed by atoms with Gasteiger partial charge in [-0.15, -0.1) is 0 Å². The van der Waals surface area contributed by atoms with Crippen molar-refractivity contribution in [1.82, 2.24) is 0 Å². The van der Waals surface area contributed by atoms with Gasteiger partial charge in [-0.1, -0.05) is 103 Å². The highest BCUT2D eigenvalue weighted by atomic mass is 31.2. The first-order chi connectivity index (χ1) is 14.9. The van der Waals surface area contributed by atoms with Gasteiger partial charge in [-0.2, -0.15) is 7.80 Å². The van der Waals surface area contributed by atoms with E-state index in [9.17, 15) is 0 Å². The summed E-state index contributed by atoms with van der Waals surface area (Å²) < 4.78 is 0. The fraction of sp³-hybridized carbons (Fsp3) is 0.357. The Morgan fingerprint density at radius 3 is 1.19 bits per heavy atom. The topological polar surface area (TPSA) is 0 Å². The third-order valence-electron chi connectivity index (χ3n) is 4.93. The number of hydrogen-bond donors (Lipinski definition) is 0. The Hall–Kier alpha value is -1.42. The SMILES string of the molecule is CC.CC.[B]P(C)CC(C)(C)C[P+](c1ccccc1)(c1ccccc1)c1ccccc1. The Balaban J connectivity index is 0.00000113. The van der Waals surface area contributed by atoms with E-state index in [1.807, 2.05) is 27.7 Å². The van der Waals surface area contributed by atoms with Crippen LogP contribution in [0.5, 0.6) is 0 Å². The second-order valence-electron chi connectivity index (χ2n) is 8.05. The van der Waals surface area contributed by atoms with Gasteiger partial charge >= 0.3 is 0 Å². The van der Waals surface area contributed by atoms with E-state index in [1.54, 1.807) is 0 Å². The molecule has 0 fully saturated rings. The van der Waals surface area contributed by atoms with Crippen LogP contribution in [0.25, 0.3) is 0 Å². The lowest BCUT2D eigenvalue weighted by molar-refractivity contribution is 0.486. The minimum atomic E-state index is -1.78. The molecule has 3 heteroatoms. The van der Waals surface area contributed by atoms with Crippen LogP contribution in [0, 0.1) is 5.41 Å². The molecule has 0 aromatic heterocycles. The van der Waals surface area contributed by atoms with Crippen LogP contribution < -0.4 is 15.9 Å². The maximum atomic E-state index is 6.29. The average molecular weight is 449 g/mol. The van der Waals surface area contributed by atoms with Gasteiger partial charge in [0.25, 0.3) is 0 Å². The quantitative estimate of drug-likeness (QED) is 0.263. The van der Waals surface area contributed by atoms with E-state index in [2.05, 4.69) is 112 Å². The summed E-state index contributed by atoms with van der Waals surface area (Å²) in [6, 6.07) is 33.3. The molecule has 164 valence electrons. The maximum absolute atomic E-state index is 6.29. The number of rotatable bonds is 7. The summed E-state index contributed by atoms with van der Waals surface area (Å²) in [5.41, 5.74) is 0.171. The largest absolute Gasteiger partial charge is 0.160 e. The molecular weight excluding hydrogens is 409 g/mol. The molecule has 0 nitrogen and oxygen atoms in total. The smallest absolute Gasteiger partial charge is 0.112 e. The fourth-order valence-electron chi connectivity index (χ4n) is 4.14.